The quantitative estimate of drug-likeness (QED) is 0.460. The molecule has 0 aliphatic carbocycles. The Bertz CT molecular complexity index is 1290. The van der Waals surface area contributed by atoms with Crippen molar-refractivity contribution in [2.24, 2.45) is 5.14 Å². The van der Waals surface area contributed by atoms with Crippen molar-refractivity contribution >= 4 is 21.6 Å². The van der Waals surface area contributed by atoms with Crippen molar-refractivity contribution in [2.45, 2.75) is 11.5 Å². The van der Waals surface area contributed by atoms with Crippen LogP contribution in [0.15, 0.2) is 88.2 Å². The van der Waals surface area contributed by atoms with E-state index in [2.05, 4.69) is 4.98 Å². The molecule has 0 amide bonds. The molecule has 0 unspecified atom stereocenters. The van der Waals surface area contributed by atoms with Crippen molar-refractivity contribution in [3.05, 3.63) is 89.8 Å². The van der Waals surface area contributed by atoms with Crippen molar-refractivity contribution in [1.29, 1.82) is 0 Å². The normalized spacial score (nSPS) is 11.4. The van der Waals surface area contributed by atoms with Crippen molar-refractivity contribution in [2.75, 3.05) is 0 Å². The average Bonchev–Trinajstić information content (AvgIpc) is 3.17. The lowest BCUT2D eigenvalue weighted by Gasteiger charge is -2.06. The maximum atomic E-state index is 12.1. The first kappa shape index (κ1) is 20.2. The van der Waals surface area contributed by atoms with E-state index in [0.29, 0.717) is 27.8 Å². The highest BCUT2D eigenvalue weighted by Crippen LogP contribution is 2.36. The van der Waals surface area contributed by atoms with Gasteiger partial charge in [-0.25, -0.2) is 18.5 Å². The van der Waals surface area contributed by atoms with Gasteiger partial charge in [-0.1, -0.05) is 72.3 Å². The van der Waals surface area contributed by atoms with Crippen LogP contribution in [0.25, 0.3) is 22.6 Å². The molecule has 6 nitrogen and oxygen atoms in total. The highest BCUT2D eigenvalue weighted by Gasteiger charge is 2.23. The van der Waals surface area contributed by atoms with Gasteiger partial charge in [0.2, 0.25) is 15.9 Å². The Hall–Kier alpha value is -3.13. The van der Waals surface area contributed by atoms with E-state index in [0.717, 1.165) is 5.56 Å². The molecule has 0 fully saturated rings. The number of oxazole rings is 1. The number of benzene rings is 3. The number of nitrogens with zero attached hydrogens (tertiary/aromatic N) is 1. The third kappa shape index (κ3) is 4.23. The van der Waals surface area contributed by atoms with E-state index >= 15 is 0 Å². The van der Waals surface area contributed by atoms with Crippen LogP contribution in [0.1, 0.15) is 5.89 Å². The van der Waals surface area contributed by atoms with Crippen molar-refractivity contribution in [3.8, 4) is 28.3 Å². The molecule has 0 bridgehead atoms. The molecule has 0 saturated heterocycles. The molecule has 0 saturated carbocycles. The third-order valence-electron chi connectivity index (χ3n) is 4.34. The number of rotatable bonds is 6. The molecule has 2 N–H and O–H groups in total. The van der Waals surface area contributed by atoms with E-state index in [1.54, 1.807) is 42.5 Å². The summed E-state index contributed by atoms with van der Waals surface area (Å²) in [5, 5.41) is 5.88. The fraction of sp³-hybridized carbons (Fsp3) is 0.0455. The van der Waals surface area contributed by atoms with Crippen molar-refractivity contribution in [1.82, 2.24) is 4.98 Å². The average molecular weight is 441 g/mol. The molecule has 1 heterocycles. The van der Waals surface area contributed by atoms with E-state index < -0.39 is 10.0 Å². The summed E-state index contributed by atoms with van der Waals surface area (Å²) in [6.45, 7) is 0.0150. The van der Waals surface area contributed by atoms with Gasteiger partial charge >= 0.3 is 0 Å². The lowest BCUT2D eigenvalue weighted by atomic mass is 10.1. The van der Waals surface area contributed by atoms with Crippen LogP contribution in [-0.4, -0.2) is 13.4 Å². The number of ether oxygens (including phenoxy) is 1. The van der Waals surface area contributed by atoms with E-state index in [1.165, 1.54) is 6.07 Å². The van der Waals surface area contributed by atoms with Gasteiger partial charge in [0, 0.05) is 11.1 Å². The number of hydrogen-bond acceptors (Lipinski definition) is 5. The summed E-state index contributed by atoms with van der Waals surface area (Å²) in [4.78, 5) is 4.49. The maximum Gasteiger partial charge on any atom is 0.238 e. The number of primary sulfonamides is 1. The van der Waals surface area contributed by atoms with Crippen LogP contribution in [0.2, 0.25) is 5.02 Å². The van der Waals surface area contributed by atoms with Crippen LogP contribution in [-0.2, 0) is 16.6 Å². The first-order chi connectivity index (χ1) is 14.4. The SMILES string of the molecule is NS(=O)(=O)c1ccccc1-c1nc(COc2ccccc2Cl)oc1-c1ccccc1. The largest absolute Gasteiger partial charge is 0.482 e. The highest BCUT2D eigenvalue weighted by molar-refractivity contribution is 7.89. The summed E-state index contributed by atoms with van der Waals surface area (Å²) in [5.74, 6) is 1.18. The topological polar surface area (TPSA) is 95.4 Å². The minimum atomic E-state index is -3.96. The van der Waals surface area contributed by atoms with E-state index in [9.17, 15) is 8.42 Å². The number of halogens is 1. The molecule has 4 rings (SSSR count). The van der Waals surface area contributed by atoms with Gasteiger partial charge in [0.25, 0.3) is 0 Å². The number of nitrogens with two attached hydrogens (primary N) is 1. The lowest BCUT2D eigenvalue weighted by molar-refractivity contribution is 0.265. The van der Waals surface area contributed by atoms with Crippen LogP contribution in [0, 0.1) is 0 Å². The summed E-state index contributed by atoms with van der Waals surface area (Å²) >= 11 is 6.13. The number of sulfonamides is 1. The van der Waals surface area contributed by atoms with Crippen molar-refractivity contribution in [3.63, 3.8) is 0 Å². The fourth-order valence-electron chi connectivity index (χ4n) is 3.01. The molecule has 8 heteroatoms. The van der Waals surface area contributed by atoms with Crippen LogP contribution in [0.3, 0.4) is 0 Å². The standard InChI is InChI=1S/C22H17ClN2O4S/c23-17-11-5-6-12-18(17)28-14-20-25-21(22(29-20)15-8-2-1-3-9-15)16-10-4-7-13-19(16)30(24,26)27/h1-13H,14H2,(H2,24,26,27). The Kier molecular flexibility index (Phi) is 5.59. The summed E-state index contributed by atoms with van der Waals surface area (Å²) in [7, 11) is -3.96. The molecule has 0 aliphatic heterocycles. The molecule has 0 atom stereocenters. The Morgan fingerprint density at radius 1 is 0.933 bits per heavy atom. The summed E-state index contributed by atoms with van der Waals surface area (Å²) in [5.41, 5.74) is 1.46. The van der Waals surface area contributed by atoms with Gasteiger partial charge < -0.3 is 9.15 Å². The highest BCUT2D eigenvalue weighted by atomic mass is 35.5. The van der Waals surface area contributed by atoms with Gasteiger partial charge in [-0.05, 0) is 18.2 Å². The molecule has 0 spiro atoms. The van der Waals surface area contributed by atoms with Gasteiger partial charge in [-0.15, -0.1) is 0 Å². The minimum absolute atomic E-state index is 0.0150. The van der Waals surface area contributed by atoms with E-state index in [-0.39, 0.29) is 17.4 Å². The summed E-state index contributed by atoms with van der Waals surface area (Å²) in [6, 6.07) is 22.7. The van der Waals surface area contributed by atoms with Crippen molar-refractivity contribution < 1.29 is 17.6 Å². The van der Waals surface area contributed by atoms with E-state index in [1.807, 2.05) is 30.3 Å². The van der Waals surface area contributed by atoms with Crippen LogP contribution in [0.5, 0.6) is 5.75 Å². The first-order valence-electron chi connectivity index (χ1n) is 8.98. The van der Waals surface area contributed by atoms with Gasteiger partial charge in [0.05, 0.1) is 9.92 Å². The Morgan fingerprint density at radius 3 is 2.33 bits per heavy atom. The smallest absolute Gasteiger partial charge is 0.238 e. The predicted octanol–water partition coefficient (Wildman–Crippen LogP) is 4.89. The van der Waals surface area contributed by atoms with Crippen LogP contribution in [0.4, 0.5) is 0 Å². The molecule has 0 radical (unpaired) electrons. The molecule has 30 heavy (non-hydrogen) atoms. The second-order valence-corrected chi connectivity index (χ2v) is 8.35. The zero-order valence-electron chi connectivity index (χ0n) is 15.7. The van der Waals surface area contributed by atoms with Gasteiger partial charge in [0.1, 0.15) is 11.4 Å². The monoisotopic (exact) mass is 440 g/mol. The lowest BCUT2D eigenvalue weighted by Crippen LogP contribution is -2.13. The molecule has 4 aromatic rings. The first-order valence-corrected chi connectivity index (χ1v) is 10.9. The zero-order chi connectivity index (χ0) is 21.1. The number of para-hydroxylation sites is 1. The maximum absolute atomic E-state index is 12.1. The van der Waals surface area contributed by atoms with E-state index in [4.69, 9.17) is 25.9 Å². The number of hydrogen-bond donors (Lipinski definition) is 1. The summed E-state index contributed by atoms with van der Waals surface area (Å²) < 4.78 is 35.9. The third-order valence-corrected chi connectivity index (χ3v) is 5.63. The molecule has 1 aromatic heterocycles. The molecular weight excluding hydrogens is 424 g/mol. The molecule has 3 aromatic carbocycles. The Labute approximate surface area is 178 Å². The second-order valence-electron chi connectivity index (χ2n) is 6.41. The van der Waals surface area contributed by atoms with Gasteiger partial charge in [-0.3, -0.25) is 0 Å². The zero-order valence-corrected chi connectivity index (χ0v) is 17.2. The van der Waals surface area contributed by atoms with Crippen LogP contribution < -0.4 is 9.88 Å². The summed E-state index contributed by atoms with van der Waals surface area (Å²) in [6.07, 6.45) is 0. The predicted molar refractivity (Wildman–Crippen MR) is 115 cm³/mol. The van der Waals surface area contributed by atoms with Gasteiger partial charge in [-0.2, -0.15) is 0 Å². The molecule has 152 valence electrons. The van der Waals surface area contributed by atoms with Gasteiger partial charge in [0.15, 0.2) is 12.4 Å². The second kappa shape index (κ2) is 8.31. The Balaban J connectivity index is 1.80. The minimum Gasteiger partial charge on any atom is -0.482 e. The number of aromatic nitrogens is 1. The fourth-order valence-corrected chi connectivity index (χ4v) is 3.94. The molecular formula is C22H17ClN2O4S. The molecule has 0 aliphatic rings. The van der Waals surface area contributed by atoms with Crippen LogP contribution >= 0.6 is 11.6 Å². The Morgan fingerprint density at radius 2 is 1.60 bits per heavy atom.